The van der Waals surface area contributed by atoms with Gasteiger partial charge in [0.1, 0.15) is 0 Å². The number of halogens is 1. The molecule has 1 heterocycles. The first-order valence-electron chi connectivity index (χ1n) is 5.93. The summed E-state index contributed by atoms with van der Waals surface area (Å²) in [6, 6.07) is 18.5. The first-order valence-corrected chi connectivity index (χ1v) is 6.31. The van der Waals surface area contributed by atoms with Gasteiger partial charge in [-0.2, -0.15) is 0 Å². The van der Waals surface area contributed by atoms with Gasteiger partial charge in [0.05, 0.1) is 0 Å². The van der Waals surface area contributed by atoms with Crippen LogP contribution in [0.1, 0.15) is 5.56 Å². The van der Waals surface area contributed by atoms with E-state index in [1.807, 2.05) is 24.3 Å². The first-order chi connectivity index (χ1) is 8.81. The molecule has 18 heavy (non-hydrogen) atoms. The van der Waals surface area contributed by atoms with Crippen molar-refractivity contribution >= 4 is 22.4 Å². The lowest BCUT2D eigenvalue weighted by Crippen LogP contribution is -2.33. The Morgan fingerprint density at radius 3 is 2.56 bits per heavy atom. The van der Waals surface area contributed by atoms with E-state index in [2.05, 4.69) is 47.3 Å². The van der Waals surface area contributed by atoms with Crippen LogP contribution in [0.5, 0.6) is 0 Å². The fourth-order valence-electron chi connectivity index (χ4n) is 2.10. The zero-order valence-electron chi connectivity index (χ0n) is 9.88. The minimum absolute atomic E-state index is 0.778. The number of pyridine rings is 1. The Hall–Kier alpha value is -1.86. The van der Waals surface area contributed by atoms with E-state index in [0.29, 0.717) is 0 Å². The van der Waals surface area contributed by atoms with Crippen LogP contribution in [-0.4, -0.2) is 0 Å². The van der Waals surface area contributed by atoms with Crippen LogP contribution < -0.4 is 4.57 Å². The topological polar surface area (TPSA) is 3.88 Å². The van der Waals surface area contributed by atoms with Crippen LogP contribution in [0.25, 0.3) is 10.8 Å². The second-order valence-corrected chi connectivity index (χ2v) is 4.81. The molecular weight excluding hydrogens is 242 g/mol. The van der Waals surface area contributed by atoms with E-state index >= 15 is 0 Å². The molecule has 0 aliphatic rings. The Bertz CT molecular complexity index is 677. The van der Waals surface area contributed by atoms with Gasteiger partial charge in [-0.1, -0.05) is 48.0 Å². The smallest absolute Gasteiger partial charge is 0.177 e. The minimum atomic E-state index is 0.778. The molecule has 0 unspecified atom stereocenters. The van der Waals surface area contributed by atoms with Crippen molar-refractivity contribution in [1.29, 1.82) is 0 Å². The van der Waals surface area contributed by atoms with Crippen LogP contribution in [-0.2, 0) is 6.54 Å². The van der Waals surface area contributed by atoms with Crippen LogP contribution in [0.3, 0.4) is 0 Å². The maximum Gasteiger partial charge on any atom is 0.177 e. The van der Waals surface area contributed by atoms with Gasteiger partial charge < -0.3 is 0 Å². The van der Waals surface area contributed by atoms with Crippen molar-refractivity contribution in [3.63, 3.8) is 0 Å². The summed E-state index contributed by atoms with van der Waals surface area (Å²) in [6.07, 6.45) is 4.23. The Balaban J connectivity index is 1.98. The number of aromatic nitrogens is 1. The zero-order valence-corrected chi connectivity index (χ0v) is 10.6. The van der Waals surface area contributed by atoms with Crippen molar-refractivity contribution in [2.75, 3.05) is 0 Å². The molecule has 0 bridgehead atoms. The predicted molar refractivity (Wildman–Crippen MR) is 74.7 cm³/mol. The van der Waals surface area contributed by atoms with E-state index in [9.17, 15) is 0 Å². The first kappa shape index (κ1) is 11.2. The van der Waals surface area contributed by atoms with Gasteiger partial charge in [0.25, 0.3) is 0 Å². The Kier molecular flexibility index (Phi) is 2.99. The van der Waals surface area contributed by atoms with Gasteiger partial charge in [-0.25, -0.2) is 4.57 Å². The van der Waals surface area contributed by atoms with E-state index in [-0.39, 0.29) is 0 Å². The molecule has 0 radical (unpaired) electrons. The van der Waals surface area contributed by atoms with Crippen LogP contribution in [0, 0.1) is 0 Å². The third kappa shape index (κ3) is 2.36. The highest BCUT2D eigenvalue weighted by Crippen LogP contribution is 2.17. The molecule has 1 nitrogen and oxygen atoms in total. The van der Waals surface area contributed by atoms with E-state index in [1.165, 1.54) is 16.3 Å². The lowest BCUT2D eigenvalue weighted by Gasteiger charge is -2.00. The van der Waals surface area contributed by atoms with Gasteiger partial charge in [0.2, 0.25) is 0 Å². The summed E-state index contributed by atoms with van der Waals surface area (Å²) in [5.41, 5.74) is 1.30. The molecule has 2 heteroatoms. The normalized spacial score (nSPS) is 10.7. The summed E-state index contributed by atoms with van der Waals surface area (Å²) in [4.78, 5) is 0. The molecule has 88 valence electrons. The van der Waals surface area contributed by atoms with Crippen LogP contribution in [0.4, 0.5) is 0 Å². The number of nitrogens with zero attached hydrogens (tertiary/aromatic N) is 1. The molecule has 0 N–H and O–H groups in total. The molecule has 0 fully saturated rings. The molecule has 2 aromatic carbocycles. The van der Waals surface area contributed by atoms with Gasteiger partial charge >= 0.3 is 0 Å². The third-order valence-corrected chi connectivity index (χ3v) is 3.24. The maximum atomic E-state index is 6.02. The summed E-state index contributed by atoms with van der Waals surface area (Å²) in [6.45, 7) is 0.878. The Morgan fingerprint density at radius 1 is 0.889 bits per heavy atom. The number of rotatable bonds is 2. The molecule has 0 aliphatic carbocycles. The number of fused-ring (bicyclic) bond motifs is 1. The number of hydrogen-bond acceptors (Lipinski definition) is 0. The highest BCUT2D eigenvalue weighted by atomic mass is 35.5. The summed E-state index contributed by atoms with van der Waals surface area (Å²) in [5.74, 6) is 0. The molecule has 0 saturated heterocycles. The predicted octanol–water partition coefficient (Wildman–Crippen LogP) is 3.83. The van der Waals surface area contributed by atoms with Gasteiger partial charge in [-0.05, 0) is 17.5 Å². The van der Waals surface area contributed by atoms with Crippen molar-refractivity contribution in [3.8, 4) is 0 Å². The second-order valence-electron chi connectivity index (χ2n) is 4.38. The average molecular weight is 255 g/mol. The summed E-state index contributed by atoms with van der Waals surface area (Å²) in [5, 5.41) is 3.16. The molecule has 0 spiro atoms. The van der Waals surface area contributed by atoms with Crippen molar-refractivity contribution < 1.29 is 4.57 Å². The molecule has 0 atom stereocenters. The van der Waals surface area contributed by atoms with Crippen molar-refractivity contribution in [1.82, 2.24) is 0 Å². The van der Waals surface area contributed by atoms with Gasteiger partial charge in [-0.15, -0.1) is 0 Å². The van der Waals surface area contributed by atoms with Crippen LogP contribution >= 0.6 is 11.6 Å². The van der Waals surface area contributed by atoms with Gasteiger partial charge in [0.15, 0.2) is 18.9 Å². The van der Waals surface area contributed by atoms with E-state index in [0.717, 1.165) is 11.6 Å². The highest BCUT2D eigenvalue weighted by Gasteiger charge is 2.04. The average Bonchev–Trinajstić information content (AvgIpc) is 2.39. The van der Waals surface area contributed by atoms with Crippen LogP contribution in [0.2, 0.25) is 5.02 Å². The molecule has 0 aliphatic heterocycles. The largest absolute Gasteiger partial charge is 0.200 e. The van der Waals surface area contributed by atoms with Gasteiger partial charge in [-0.3, -0.25) is 0 Å². The third-order valence-electron chi connectivity index (χ3n) is 3.01. The lowest BCUT2D eigenvalue weighted by atomic mass is 10.1. The molecule has 0 saturated carbocycles. The summed E-state index contributed by atoms with van der Waals surface area (Å²) >= 11 is 6.02. The quantitative estimate of drug-likeness (QED) is 0.612. The Morgan fingerprint density at radius 2 is 1.72 bits per heavy atom. The zero-order chi connectivity index (χ0) is 12.4. The molecule has 3 rings (SSSR count). The Labute approximate surface area is 111 Å². The van der Waals surface area contributed by atoms with Gasteiger partial charge in [0, 0.05) is 22.0 Å². The van der Waals surface area contributed by atoms with Crippen molar-refractivity contribution in [2.45, 2.75) is 6.54 Å². The SMILES string of the molecule is Clc1ccc2cc[n+](Cc3ccccc3)cc2c1. The molecular formula is C16H13ClN+. The second kappa shape index (κ2) is 4.79. The fourth-order valence-corrected chi connectivity index (χ4v) is 2.28. The molecule has 1 aromatic heterocycles. The minimum Gasteiger partial charge on any atom is -0.200 e. The van der Waals surface area contributed by atoms with Crippen molar-refractivity contribution in [3.05, 3.63) is 77.6 Å². The highest BCUT2D eigenvalue weighted by molar-refractivity contribution is 6.31. The standard InChI is InChI=1S/C16H13ClN/c17-16-7-6-14-8-9-18(12-15(14)10-16)11-13-4-2-1-3-5-13/h1-10,12H,11H2/q+1. The molecule has 3 aromatic rings. The monoisotopic (exact) mass is 254 g/mol. The van der Waals surface area contributed by atoms with Crippen LogP contribution in [0.15, 0.2) is 67.0 Å². The van der Waals surface area contributed by atoms with Crippen molar-refractivity contribution in [2.24, 2.45) is 0 Å². The van der Waals surface area contributed by atoms with E-state index in [1.54, 1.807) is 0 Å². The van der Waals surface area contributed by atoms with E-state index in [4.69, 9.17) is 11.6 Å². The molecule has 0 amide bonds. The summed E-state index contributed by atoms with van der Waals surface area (Å²) in [7, 11) is 0. The number of hydrogen-bond donors (Lipinski definition) is 0. The lowest BCUT2D eigenvalue weighted by molar-refractivity contribution is -0.687. The fraction of sp³-hybridized carbons (Fsp3) is 0.0625. The van der Waals surface area contributed by atoms with E-state index < -0.39 is 0 Å². The number of benzene rings is 2. The maximum absolute atomic E-state index is 6.02. The summed E-state index contributed by atoms with van der Waals surface area (Å²) < 4.78 is 2.17.